The van der Waals surface area contributed by atoms with Gasteiger partial charge in [-0.25, -0.2) is 9.97 Å². The molecule has 2 aliphatic heterocycles. The average molecular weight is 405 g/mol. The van der Waals surface area contributed by atoms with Gasteiger partial charge in [-0.2, -0.15) is 4.58 Å². The van der Waals surface area contributed by atoms with Crippen LogP contribution in [0.5, 0.6) is 0 Å². The van der Waals surface area contributed by atoms with Gasteiger partial charge in [-0.1, -0.05) is 43.2 Å². The summed E-state index contributed by atoms with van der Waals surface area (Å²) in [5.41, 5.74) is 6.14. The van der Waals surface area contributed by atoms with Crippen LogP contribution in [0.4, 0.5) is 5.82 Å². The van der Waals surface area contributed by atoms with Gasteiger partial charge >= 0.3 is 0 Å². The SMILES string of the molecule is C/C=C(\c1c(C)ncnc1N1CCNCC1)[N+]1=CC=C1.CCCc1cccc(C)c1. The zero-order valence-corrected chi connectivity index (χ0v) is 18.7. The minimum atomic E-state index is 0.986. The molecule has 5 nitrogen and oxygen atoms in total. The molecule has 158 valence electrons. The second-order valence-corrected chi connectivity index (χ2v) is 7.71. The van der Waals surface area contributed by atoms with Crippen LogP contribution in [-0.2, 0) is 6.42 Å². The molecular formula is C25H34N5+. The fourth-order valence-electron chi connectivity index (χ4n) is 3.79. The summed E-state index contributed by atoms with van der Waals surface area (Å²) in [5, 5.41) is 3.38. The molecule has 0 saturated carbocycles. The van der Waals surface area contributed by atoms with E-state index < -0.39 is 0 Å². The maximum absolute atomic E-state index is 4.55. The third kappa shape index (κ3) is 5.42. The molecule has 1 fully saturated rings. The van der Waals surface area contributed by atoms with E-state index in [1.54, 1.807) is 6.33 Å². The minimum Gasteiger partial charge on any atom is -0.353 e. The van der Waals surface area contributed by atoms with Crippen molar-refractivity contribution < 1.29 is 4.58 Å². The van der Waals surface area contributed by atoms with Crippen LogP contribution in [0.3, 0.4) is 0 Å². The smallest absolute Gasteiger partial charge is 0.219 e. The third-order valence-electron chi connectivity index (χ3n) is 5.36. The molecule has 4 rings (SSSR count). The zero-order chi connectivity index (χ0) is 21.3. The first-order valence-electron chi connectivity index (χ1n) is 10.9. The van der Waals surface area contributed by atoms with E-state index in [0.29, 0.717) is 0 Å². The quantitative estimate of drug-likeness (QED) is 0.762. The van der Waals surface area contributed by atoms with Crippen molar-refractivity contribution in [2.75, 3.05) is 31.1 Å². The Kier molecular flexibility index (Phi) is 7.91. The van der Waals surface area contributed by atoms with E-state index in [-0.39, 0.29) is 0 Å². The van der Waals surface area contributed by atoms with Crippen molar-refractivity contribution in [3.8, 4) is 0 Å². The maximum atomic E-state index is 4.55. The molecule has 2 aliphatic rings. The largest absolute Gasteiger partial charge is 0.353 e. The Morgan fingerprint density at radius 3 is 2.57 bits per heavy atom. The molecule has 0 radical (unpaired) electrons. The monoisotopic (exact) mass is 404 g/mol. The van der Waals surface area contributed by atoms with Gasteiger partial charge < -0.3 is 10.2 Å². The highest BCUT2D eigenvalue weighted by Crippen LogP contribution is 2.29. The summed E-state index contributed by atoms with van der Waals surface area (Å²) < 4.78 is 2.12. The number of nitrogens with zero attached hydrogens (tertiary/aromatic N) is 4. The normalized spacial score (nSPS) is 15.8. The lowest BCUT2D eigenvalue weighted by atomic mass is 10.1. The van der Waals surface area contributed by atoms with Gasteiger partial charge in [0.2, 0.25) is 5.70 Å². The van der Waals surface area contributed by atoms with Crippen LogP contribution in [0.1, 0.15) is 42.7 Å². The highest BCUT2D eigenvalue weighted by molar-refractivity contribution is 5.79. The number of nitrogens with one attached hydrogen (secondary N) is 1. The van der Waals surface area contributed by atoms with Crippen molar-refractivity contribution in [3.63, 3.8) is 0 Å². The van der Waals surface area contributed by atoms with Gasteiger partial charge in [-0.3, -0.25) is 0 Å². The van der Waals surface area contributed by atoms with Crippen LogP contribution in [0.15, 0.2) is 48.9 Å². The van der Waals surface area contributed by atoms with Crippen molar-refractivity contribution in [2.24, 2.45) is 0 Å². The Bertz CT molecular complexity index is 936. The Morgan fingerprint density at radius 2 is 1.97 bits per heavy atom. The Morgan fingerprint density at radius 1 is 1.20 bits per heavy atom. The first-order valence-corrected chi connectivity index (χ1v) is 10.9. The second kappa shape index (κ2) is 10.8. The predicted octanol–water partition coefficient (Wildman–Crippen LogP) is 4.11. The Balaban J connectivity index is 0.000000216. The van der Waals surface area contributed by atoms with Gasteiger partial charge in [-0.05, 0) is 38.8 Å². The number of piperazine rings is 1. The van der Waals surface area contributed by atoms with E-state index in [1.807, 2.05) is 6.08 Å². The zero-order valence-electron chi connectivity index (χ0n) is 18.7. The lowest BCUT2D eigenvalue weighted by molar-refractivity contribution is -0.355. The second-order valence-electron chi connectivity index (χ2n) is 7.71. The first kappa shape index (κ1) is 21.9. The van der Waals surface area contributed by atoms with E-state index in [4.69, 9.17) is 0 Å². The summed E-state index contributed by atoms with van der Waals surface area (Å²) in [4.78, 5) is 11.3. The molecule has 0 unspecified atom stereocenters. The molecule has 0 amide bonds. The summed E-state index contributed by atoms with van der Waals surface area (Å²) in [6.07, 6.45) is 12.4. The standard InChI is InChI=1S/C15H20N5.C10H14/c1-3-13(19-7-4-8-19)14-12(2)17-11-18-15(14)20-9-5-16-6-10-20;1-3-5-10-7-4-6-9(2)8-10/h3-4,7-8,11,16H,5-6,9-10H2,1-2H3;4,6-8H,3,5H2,1-2H3/q+1;/b13-3+;. The number of aromatic nitrogens is 2. The molecule has 1 saturated heterocycles. The molecule has 0 atom stereocenters. The highest BCUT2D eigenvalue weighted by Gasteiger charge is 2.26. The number of hydrogen-bond acceptors (Lipinski definition) is 4. The number of hydrogen-bond donors (Lipinski definition) is 1. The van der Waals surface area contributed by atoms with Gasteiger partial charge in [0.15, 0.2) is 12.4 Å². The van der Waals surface area contributed by atoms with E-state index in [9.17, 15) is 0 Å². The predicted molar refractivity (Wildman–Crippen MR) is 126 cm³/mol. The number of benzene rings is 1. The van der Waals surface area contributed by atoms with Crippen molar-refractivity contribution in [3.05, 3.63) is 71.3 Å². The van der Waals surface area contributed by atoms with Crippen LogP contribution in [0, 0.1) is 13.8 Å². The summed E-state index contributed by atoms with van der Waals surface area (Å²) in [7, 11) is 0. The number of aryl methyl sites for hydroxylation is 3. The molecule has 1 N–H and O–H groups in total. The Hall–Kier alpha value is -2.79. The Labute approximate surface area is 180 Å². The topological polar surface area (TPSA) is 44.1 Å². The van der Waals surface area contributed by atoms with E-state index in [2.05, 4.69) is 95.2 Å². The third-order valence-corrected chi connectivity index (χ3v) is 5.36. The fraction of sp³-hybridized carbons (Fsp3) is 0.400. The van der Waals surface area contributed by atoms with E-state index in [0.717, 1.165) is 49.0 Å². The van der Waals surface area contributed by atoms with Gasteiger partial charge in [0.1, 0.15) is 17.7 Å². The van der Waals surface area contributed by atoms with Crippen LogP contribution in [0.25, 0.3) is 5.70 Å². The van der Waals surface area contributed by atoms with Gasteiger partial charge in [0, 0.05) is 26.2 Å². The van der Waals surface area contributed by atoms with Crippen LogP contribution in [-0.4, -0.2) is 46.9 Å². The molecule has 1 aromatic carbocycles. The molecule has 1 aromatic heterocycles. The first-order chi connectivity index (χ1) is 14.6. The summed E-state index contributed by atoms with van der Waals surface area (Å²) in [6.45, 7) is 12.4. The molecule has 0 bridgehead atoms. The average Bonchev–Trinajstić information content (AvgIpc) is 2.72. The van der Waals surface area contributed by atoms with Crippen LogP contribution in [0.2, 0.25) is 0 Å². The van der Waals surface area contributed by atoms with Gasteiger partial charge in [0.25, 0.3) is 0 Å². The molecule has 30 heavy (non-hydrogen) atoms. The van der Waals surface area contributed by atoms with Gasteiger partial charge in [0.05, 0.1) is 11.8 Å². The summed E-state index contributed by atoms with van der Waals surface area (Å²) in [6, 6.07) is 8.71. The van der Waals surface area contributed by atoms with E-state index >= 15 is 0 Å². The van der Waals surface area contributed by atoms with E-state index in [1.165, 1.54) is 24.0 Å². The number of anilines is 1. The lowest BCUT2D eigenvalue weighted by Gasteiger charge is -2.30. The number of rotatable bonds is 5. The molecule has 0 aliphatic carbocycles. The fourth-order valence-corrected chi connectivity index (χ4v) is 3.79. The number of allylic oxidation sites excluding steroid dienone is 2. The van der Waals surface area contributed by atoms with Gasteiger partial charge in [-0.15, -0.1) is 0 Å². The van der Waals surface area contributed by atoms with Crippen molar-refractivity contribution in [1.29, 1.82) is 0 Å². The molecule has 3 heterocycles. The molecule has 5 heteroatoms. The highest BCUT2D eigenvalue weighted by atomic mass is 15.2. The minimum absolute atomic E-state index is 0.986. The van der Waals surface area contributed by atoms with Crippen LogP contribution < -0.4 is 10.2 Å². The maximum Gasteiger partial charge on any atom is 0.219 e. The molecular weight excluding hydrogens is 370 g/mol. The van der Waals surface area contributed by atoms with Crippen LogP contribution >= 0.6 is 0 Å². The lowest BCUT2D eigenvalue weighted by Crippen LogP contribution is -2.44. The molecule has 2 aromatic rings. The molecule has 0 spiro atoms. The van der Waals surface area contributed by atoms with Crippen molar-refractivity contribution in [1.82, 2.24) is 15.3 Å². The summed E-state index contributed by atoms with van der Waals surface area (Å²) >= 11 is 0. The summed E-state index contributed by atoms with van der Waals surface area (Å²) in [5.74, 6) is 1.04. The van der Waals surface area contributed by atoms with Crippen molar-refractivity contribution in [2.45, 2.75) is 40.5 Å². The van der Waals surface area contributed by atoms with Crippen molar-refractivity contribution >= 4 is 17.7 Å².